The molecule has 1 fully saturated rings. The highest BCUT2D eigenvalue weighted by atomic mass is 15.3. The van der Waals surface area contributed by atoms with Gasteiger partial charge in [-0.15, -0.1) is 0 Å². The van der Waals surface area contributed by atoms with E-state index in [1.54, 1.807) is 0 Å². The van der Waals surface area contributed by atoms with E-state index in [0.717, 1.165) is 31.5 Å². The molecule has 2 rings (SSSR count). The Morgan fingerprint density at radius 1 is 1.56 bits per heavy atom. The van der Waals surface area contributed by atoms with Crippen molar-refractivity contribution >= 4 is 5.95 Å². The van der Waals surface area contributed by atoms with Gasteiger partial charge in [0.05, 0.1) is 0 Å². The minimum Gasteiger partial charge on any atom is -0.342 e. The predicted octanol–water partition coefficient (Wildman–Crippen LogP) is 2.02. The average Bonchev–Trinajstić information content (AvgIpc) is 2.82. The van der Waals surface area contributed by atoms with Crippen LogP contribution in [0.3, 0.4) is 0 Å². The fourth-order valence-corrected chi connectivity index (χ4v) is 2.80. The molecule has 18 heavy (non-hydrogen) atoms. The number of hydrogen-bond acceptors (Lipinski definition) is 3. The number of nitrogens with one attached hydrogen (secondary N) is 1. The van der Waals surface area contributed by atoms with Gasteiger partial charge < -0.3 is 14.8 Å². The van der Waals surface area contributed by atoms with Crippen molar-refractivity contribution in [3.63, 3.8) is 0 Å². The van der Waals surface area contributed by atoms with Gasteiger partial charge in [0, 0.05) is 38.6 Å². The third-order valence-corrected chi connectivity index (χ3v) is 3.96. The second-order valence-corrected chi connectivity index (χ2v) is 5.43. The molecule has 102 valence electrons. The van der Waals surface area contributed by atoms with Crippen LogP contribution in [-0.2, 0) is 7.05 Å². The molecule has 0 bridgehead atoms. The Hall–Kier alpha value is -1.03. The van der Waals surface area contributed by atoms with Crippen LogP contribution in [0.5, 0.6) is 0 Å². The van der Waals surface area contributed by atoms with Crippen LogP contribution in [0.25, 0.3) is 0 Å². The second kappa shape index (κ2) is 6.23. The van der Waals surface area contributed by atoms with Crippen LogP contribution in [0, 0.1) is 5.92 Å². The second-order valence-electron chi connectivity index (χ2n) is 5.43. The largest absolute Gasteiger partial charge is 0.342 e. The molecule has 2 atom stereocenters. The third-order valence-electron chi connectivity index (χ3n) is 3.96. The lowest BCUT2D eigenvalue weighted by molar-refractivity contribution is 0.318. The van der Waals surface area contributed by atoms with Gasteiger partial charge in [-0.25, -0.2) is 4.98 Å². The Labute approximate surface area is 110 Å². The van der Waals surface area contributed by atoms with E-state index in [9.17, 15) is 0 Å². The Morgan fingerprint density at radius 2 is 2.39 bits per heavy atom. The maximum atomic E-state index is 4.46. The molecular formula is C14H26N4. The number of imidazole rings is 1. The van der Waals surface area contributed by atoms with Crippen molar-refractivity contribution in [1.82, 2.24) is 14.9 Å². The molecule has 0 aromatic carbocycles. The van der Waals surface area contributed by atoms with Gasteiger partial charge in [0.15, 0.2) is 0 Å². The molecule has 0 amide bonds. The Kier molecular flexibility index (Phi) is 4.64. The topological polar surface area (TPSA) is 33.1 Å². The zero-order valence-corrected chi connectivity index (χ0v) is 11.9. The molecule has 2 heterocycles. The van der Waals surface area contributed by atoms with Gasteiger partial charge in [-0.1, -0.05) is 6.92 Å². The first kappa shape index (κ1) is 13.4. The molecule has 0 saturated carbocycles. The fourth-order valence-electron chi connectivity index (χ4n) is 2.80. The highest BCUT2D eigenvalue weighted by Gasteiger charge is 2.25. The molecule has 4 nitrogen and oxygen atoms in total. The van der Waals surface area contributed by atoms with Gasteiger partial charge >= 0.3 is 0 Å². The van der Waals surface area contributed by atoms with Gasteiger partial charge in [-0.3, -0.25) is 0 Å². The van der Waals surface area contributed by atoms with Crippen molar-refractivity contribution in [2.24, 2.45) is 13.0 Å². The minimum absolute atomic E-state index is 0.605. The summed E-state index contributed by atoms with van der Waals surface area (Å²) in [5.74, 6) is 1.85. The SMILES string of the molecule is CCCNC(C)C1CCCN(c2nccn2C)C1. The minimum atomic E-state index is 0.605. The summed E-state index contributed by atoms with van der Waals surface area (Å²) >= 11 is 0. The summed E-state index contributed by atoms with van der Waals surface area (Å²) in [7, 11) is 2.07. The molecule has 1 saturated heterocycles. The lowest BCUT2D eigenvalue weighted by atomic mass is 9.91. The summed E-state index contributed by atoms with van der Waals surface area (Å²) in [5.41, 5.74) is 0. The summed E-state index contributed by atoms with van der Waals surface area (Å²) in [6.45, 7) is 7.94. The zero-order valence-electron chi connectivity index (χ0n) is 11.9. The molecule has 1 aromatic heterocycles. The van der Waals surface area contributed by atoms with Crippen LogP contribution in [0.1, 0.15) is 33.1 Å². The molecule has 0 spiro atoms. The number of piperidine rings is 1. The molecule has 1 aliphatic heterocycles. The van der Waals surface area contributed by atoms with Crippen LogP contribution in [-0.4, -0.2) is 35.2 Å². The summed E-state index contributed by atoms with van der Waals surface area (Å²) in [4.78, 5) is 6.89. The van der Waals surface area contributed by atoms with Gasteiger partial charge in [-0.2, -0.15) is 0 Å². The fraction of sp³-hybridized carbons (Fsp3) is 0.786. The number of rotatable bonds is 5. The Balaban J connectivity index is 1.94. The van der Waals surface area contributed by atoms with Gasteiger partial charge in [0.25, 0.3) is 0 Å². The maximum absolute atomic E-state index is 4.46. The monoisotopic (exact) mass is 250 g/mol. The average molecular weight is 250 g/mol. The van der Waals surface area contributed by atoms with Crippen LogP contribution in [0.4, 0.5) is 5.95 Å². The Morgan fingerprint density at radius 3 is 3.06 bits per heavy atom. The molecule has 0 aliphatic carbocycles. The van der Waals surface area contributed by atoms with E-state index >= 15 is 0 Å². The van der Waals surface area contributed by atoms with E-state index in [-0.39, 0.29) is 0 Å². The normalized spacial score (nSPS) is 22.2. The van der Waals surface area contributed by atoms with Crippen molar-refractivity contribution in [2.75, 3.05) is 24.5 Å². The molecule has 1 N–H and O–H groups in total. The number of aromatic nitrogens is 2. The standard InChI is InChI=1S/C14H26N4/c1-4-7-15-12(2)13-6-5-9-18(11-13)14-16-8-10-17(14)3/h8,10,12-13,15H,4-7,9,11H2,1-3H3. The van der Waals surface area contributed by atoms with E-state index in [1.807, 2.05) is 12.4 Å². The smallest absolute Gasteiger partial charge is 0.205 e. The van der Waals surface area contributed by atoms with Crippen LogP contribution < -0.4 is 10.2 Å². The molecule has 4 heteroatoms. The summed E-state index contributed by atoms with van der Waals surface area (Å²) in [5, 5.41) is 3.63. The number of nitrogens with zero attached hydrogens (tertiary/aromatic N) is 3. The van der Waals surface area contributed by atoms with Crippen molar-refractivity contribution in [2.45, 2.75) is 39.2 Å². The third kappa shape index (κ3) is 3.05. The first-order chi connectivity index (χ1) is 8.72. The zero-order chi connectivity index (χ0) is 13.0. The Bertz CT molecular complexity index is 360. The van der Waals surface area contributed by atoms with E-state index < -0.39 is 0 Å². The molecule has 0 radical (unpaired) electrons. The molecule has 2 unspecified atom stereocenters. The summed E-state index contributed by atoms with van der Waals surface area (Å²) < 4.78 is 2.12. The first-order valence-corrected chi connectivity index (χ1v) is 7.18. The van der Waals surface area contributed by atoms with Crippen LogP contribution in [0.15, 0.2) is 12.4 Å². The van der Waals surface area contributed by atoms with Crippen molar-refractivity contribution < 1.29 is 0 Å². The van der Waals surface area contributed by atoms with E-state index in [0.29, 0.717) is 6.04 Å². The highest BCUT2D eigenvalue weighted by molar-refractivity contribution is 5.31. The predicted molar refractivity (Wildman–Crippen MR) is 75.9 cm³/mol. The number of hydrogen-bond donors (Lipinski definition) is 1. The highest BCUT2D eigenvalue weighted by Crippen LogP contribution is 2.23. The summed E-state index contributed by atoms with van der Waals surface area (Å²) in [6, 6.07) is 0.605. The maximum Gasteiger partial charge on any atom is 0.205 e. The van der Waals surface area contributed by atoms with Crippen molar-refractivity contribution in [3.05, 3.63) is 12.4 Å². The quantitative estimate of drug-likeness (QED) is 0.868. The van der Waals surface area contributed by atoms with Gasteiger partial charge in [0.2, 0.25) is 5.95 Å². The number of anilines is 1. The van der Waals surface area contributed by atoms with Gasteiger partial charge in [-0.05, 0) is 38.6 Å². The van der Waals surface area contributed by atoms with E-state index in [2.05, 4.69) is 40.7 Å². The lowest BCUT2D eigenvalue weighted by Gasteiger charge is -2.36. The van der Waals surface area contributed by atoms with E-state index in [1.165, 1.54) is 19.3 Å². The van der Waals surface area contributed by atoms with Crippen LogP contribution in [0.2, 0.25) is 0 Å². The van der Waals surface area contributed by atoms with Gasteiger partial charge in [0.1, 0.15) is 0 Å². The molecule has 1 aromatic rings. The number of aryl methyl sites for hydroxylation is 1. The lowest BCUT2D eigenvalue weighted by Crippen LogP contribution is -2.45. The molecule has 1 aliphatic rings. The van der Waals surface area contributed by atoms with E-state index in [4.69, 9.17) is 0 Å². The molecular weight excluding hydrogens is 224 g/mol. The van der Waals surface area contributed by atoms with Crippen molar-refractivity contribution in [1.29, 1.82) is 0 Å². The first-order valence-electron chi connectivity index (χ1n) is 7.18. The summed E-state index contributed by atoms with van der Waals surface area (Å²) in [6.07, 6.45) is 7.73. The van der Waals surface area contributed by atoms with Crippen LogP contribution >= 0.6 is 0 Å². The van der Waals surface area contributed by atoms with Crippen molar-refractivity contribution in [3.8, 4) is 0 Å².